The Hall–Kier alpha value is -4.19. The highest BCUT2D eigenvalue weighted by Gasteiger charge is 2.22. The molecule has 39 heavy (non-hydrogen) atoms. The summed E-state index contributed by atoms with van der Waals surface area (Å²) in [5.74, 6) is 7.19. The number of carbonyl (C=O) groups excluding carboxylic acids is 1. The average molecular weight is 523 g/mol. The van der Waals surface area contributed by atoms with Crippen LogP contribution in [0.4, 0.5) is 16.3 Å². The van der Waals surface area contributed by atoms with E-state index in [1.165, 1.54) is 0 Å². The smallest absolute Gasteiger partial charge is 0.324 e. The standard InChI is InChI=1S/C31H34N6O2/c1-22-11-13-24(21-32-22)37-29(20-28(35-37)31(2,3)4)34-30(38)33-27-14-12-23(25-9-5-6-10-26(25)27)8-7-15-36-16-18-39-19-17-36/h5-6,9-14,20-21H,15-19H2,1-4H3,(H2,33,34,38). The predicted octanol–water partition coefficient (Wildman–Crippen LogP) is 5.35. The maximum Gasteiger partial charge on any atom is 0.324 e. The summed E-state index contributed by atoms with van der Waals surface area (Å²) in [7, 11) is 0. The Morgan fingerprint density at radius 2 is 1.79 bits per heavy atom. The predicted molar refractivity (Wildman–Crippen MR) is 156 cm³/mol. The number of anilines is 2. The largest absolute Gasteiger partial charge is 0.379 e. The number of fused-ring (bicyclic) bond motifs is 1. The molecular weight excluding hydrogens is 488 g/mol. The summed E-state index contributed by atoms with van der Waals surface area (Å²) in [5.41, 5.74) is 4.01. The number of amides is 2. The van der Waals surface area contributed by atoms with Crippen molar-refractivity contribution in [1.29, 1.82) is 0 Å². The van der Waals surface area contributed by atoms with Crippen LogP contribution in [0.1, 0.15) is 37.7 Å². The summed E-state index contributed by atoms with van der Waals surface area (Å²) in [6.45, 7) is 12.2. The first-order valence-electron chi connectivity index (χ1n) is 13.2. The van der Waals surface area contributed by atoms with Crippen LogP contribution in [0.2, 0.25) is 0 Å². The number of urea groups is 1. The molecule has 2 amide bonds. The molecule has 1 aliphatic heterocycles. The molecule has 0 spiro atoms. The number of pyridine rings is 1. The van der Waals surface area contributed by atoms with Gasteiger partial charge >= 0.3 is 6.03 Å². The lowest BCUT2D eigenvalue weighted by molar-refractivity contribution is 0.0443. The van der Waals surface area contributed by atoms with Crippen molar-refractivity contribution in [3.8, 4) is 17.5 Å². The van der Waals surface area contributed by atoms with Gasteiger partial charge in [0, 0.05) is 41.2 Å². The Balaban J connectivity index is 1.38. The summed E-state index contributed by atoms with van der Waals surface area (Å²) >= 11 is 0. The van der Waals surface area contributed by atoms with Gasteiger partial charge in [-0.2, -0.15) is 5.10 Å². The SMILES string of the molecule is Cc1ccc(-n2nc(C(C)(C)C)cc2NC(=O)Nc2ccc(C#CCN3CCOCC3)c3ccccc23)cn1. The normalized spacial score (nSPS) is 14.1. The second kappa shape index (κ2) is 11.3. The summed E-state index contributed by atoms with van der Waals surface area (Å²) in [5, 5.41) is 12.7. The van der Waals surface area contributed by atoms with Crippen LogP contribution in [0.5, 0.6) is 0 Å². The molecular formula is C31H34N6O2. The van der Waals surface area contributed by atoms with Crippen LogP contribution < -0.4 is 10.6 Å². The van der Waals surface area contributed by atoms with Crippen molar-refractivity contribution >= 4 is 28.3 Å². The highest BCUT2D eigenvalue weighted by molar-refractivity contribution is 6.07. The molecule has 0 bridgehead atoms. The Labute approximate surface area is 229 Å². The third-order valence-electron chi connectivity index (χ3n) is 6.66. The van der Waals surface area contributed by atoms with Gasteiger partial charge in [0.25, 0.3) is 0 Å². The van der Waals surface area contributed by atoms with Crippen LogP contribution in [0, 0.1) is 18.8 Å². The van der Waals surface area contributed by atoms with Crippen molar-refractivity contribution in [2.75, 3.05) is 43.5 Å². The topological polar surface area (TPSA) is 84.3 Å². The lowest BCUT2D eigenvalue weighted by Gasteiger charge is -2.24. The highest BCUT2D eigenvalue weighted by atomic mass is 16.5. The summed E-state index contributed by atoms with van der Waals surface area (Å²) < 4.78 is 7.14. The Bertz CT molecular complexity index is 1530. The molecule has 5 rings (SSSR count). The average Bonchev–Trinajstić information content (AvgIpc) is 3.35. The van der Waals surface area contributed by atoms with E-state index in [0.29, 0.717) is 18.1 Å². The second-order valence-electron chi connectivity index (χ2n) is 10.7. The molecule has 2 N–H and O–H groups in total. The van der Waals surface area contributed by atoms with Crippen molar-refractivity contribution in [2.45, 2.75) is 33.1 Å². The van der Waals surface area contributed by atoms with Crippen LogP contribution in [0.15, 0.2) is 60.8 Å². The van der Waals surface area contributed by atoms with Crippen molar-refractivity contribution < 1.29 is 9.53 Å². The molecule has 3 heterocycles. The molecule has 0 aliphatic carbocycles. The number of nitrogens with one attached hydrogen (secondary N) is 2. The lowest BCUT2D eigenvalue weighted by atomic mass is 9.92. The highest BCUT2D eigenvalue weighted by Crippen LogP contribution is 2.28. The fourth-order valence-corrected chi connectivity index (χ4v) is 4.41. The van der Waals surface area contributed by atoms with Gasteiger partial charge in [-0.25, -0.2) is 9.48 Å². The Morgan fingerprint density at radius 3 is 2.51 bits per heavy atom. The number of hydrogen-bond acceptors (Lipinski definition) is 5. The van der Waals surface area contributed by atoms with Crippen LogP contribution in [0.3, 0.4) is 0 Å². The minimum absolute atomic E-state index is 0.189. The van der Waals surface area contributed by atoms with Gasteiger partial charge in [-0.1, -0.05) is 56.9 Å². The van der Waals surface area contributed by atoms with Crippen LogP contribution in [-0.4, -0.2) is 58.5 Å². The van der Waals surface area contributed by atoms with E-state index in [2.05, 4.69) is 53.1 Å². The molecule has 2 aromatic heterocycles. The van der Waals surface area contributed by atoms with Crippen LogP contribution >= 0.6 is 0 Å². The number of nitrogens with zero attached hydrogens (tertiary/aromatic N) is 4. The summed E-state index contributed by atoms with van der Waals surface area (Å²) in [6, 6.07) is 17.3. The number of morpholine rings is 1. The fourth-order valence-electron chi connectivity index (χ4n) is 4.41. The van der Waals surface area contributed by atoms with E-state index in [9.17, 15) is 4.79 Å². The quantitative estimate of drug-likeness (QED) is 0.353. The third kappa shape index (κ3) is 6.28. The van der Waals surface area contributed by atoms with E-state index < -0.39 is 0 Å². The molecule has 8 heteroatoms. The molecule has 4 aromatic rings. The summed E-state index contributed by atoms with van der Waals surface area (Å²) in [6.07, 6.45) is 1.75. The molecule has 0 saturated carbocycles. The van der Waals surface area contributed by atoms with Crippen molar-refractivity contribution in [1.82, 2.24) is 19.7 Å². The monoisotopic (exact) mass is 522 g/mol. The van der Waals surface area contributed by atoms with E-state index >= 15 is 0 Å². The zero-order valence-electron chi connectivity index (χ0n) is 22.9. The van der Waals surface area contributed by atoms with Crippen LogP contribution in [-0.2, 0) is 10.2 Å². The van der Waals surface area contributed by atoms with E-state index in [1.54, 1.807) is 10.9 Å². The van der Waals surface area contributed by atoms with Crippen molar-refractivity contribution in [3.63, 3.8) is 0 Å². The first-order valence-corrected chi connectivity index (χ1v) is 13.2. The fraction of sp³-hybridized carbons (Fsp3) is 0.323. The van der Waals surface area contributed by atoms with Crippen molar-refractivity contribution in [2.24, 2.45) is 0 Å². The van der Waals surface area contributed by atoms with Crippen LogP contribution in [0.25, 0.3) is 16.5 Å². The Morgan fingerprint density at radius 1 is 1.03 bits per heavy atom. The number of rotatable bonds is 4. The third-order valence-corrected chi connectivity index (χ3v) is 6.66. The maximum absolute atomic E-state index is 13.2. The number of aromatic nitrogens is 3. The molecule has 0 unspecified atom stereocenters. The number of hydrogen-bond donors (Lipinski definition) is 2. The van der Waals surface area contributed by atoms with Gasteiger partial charge in [-0.05, 0) is 36.6 Å². The molecule has 8 nitrogen and oxygen atoms in total. The minimum atomic E-state index is -0.354. The van der Waals surface area contributed by atoms with Gasteiger partial charge in [0.15, 0.2) is 0 Å². The van der Waals surface area contributed by atoms with Crippen molar-refractivity contribution in [3.05, 3.63) is 77.7 Å². The Kier molecular flexibility index (Phi) is 7.64. The summed E-state index contributed by atoms with van der Waals surface area (Å²) in [4.78, 5) is 19.9. The second-order valence-corrected chi connectivity index (χ2v) is 10.7. The molecule has 0 atom stereocenters. The first-order chi connectivity index (χ1) is 18.8. The van der Waals surface area contributed by atoms with Gasteiger partial charge in [0.05, 0.1) is 43.0 Å². The molecule has 2 aromatic carbocycles. The number of aryl methyl sites for hydroxylation is 1. The van der Waals surface area contributed by atoms with E-state index in [-0.39, 0.29) is 11.4 Å². The first kappa shape index (κ1) is 26.4. The van der Waals surface area contributed by atoms with E-state index in [4.69, 9.17) is 9.84 Å². The lowest BCUT2D eigenvalue weighted by Crippen LogP contribution is -2.36. The zero-order valence-corrected chi connectivity index (χ0v) is 22.9. The molecule has 1 aliphatic rings. The molecule has 1 saturated heterocycles. The number of ether oxygens (including phenoxy) is 1. The van der Waals surface area contributed by atoms with Gasteiger partial charge in [-0.3, -0.25) is 15.2 Å². The van der Waals surface area contributed by atoms with E-state index in [1.807, 2.05) is 61.5 Å². The molecule has 200 valence electrons. The van der Waals surface area contributed by atoms with Gasteiger partial charge in [0.2, 0.25) is 0 Å². The molecule has 1 fully saturated rings. The van der Waals surface area contributed by atoms with Gasteiger partial charge < -0.3 is 10.1 Å². The minimum Gasteiger partial charge on any atom is -0.379 e. The zero-order chi connectivity index (χ0) is 27.4. The van der Waals surface area contributed by atoms with Gasteiger partial charge in [-0.15, -0.1) is 0 Å². The van der Waals surface area contributed by atoms with E-state index in [0.717, 1.165) is 59.7 Å². The molecule has 0 radical (unpaired) electrons. The maximum atomic E-state index is 13.2. The number of benzene rings is 2. The van der Waals surface area contributed by atoms with Gasteiger partial charge in [0.1, 0.15) is 5.82 Å². The number of carbonyl (C=O) groups is 1.